The Morgan fingerprint density at radius 2 is 1.79 bits per heavy atom. The van der Waals surface area contributed by atoms with Gasteiger partial charge in [0.2, 0.25) is 0 Å². The monoisotopic (exact) mass is 253 g/mol. The fourth-order valence-electron chi connectivity index (χ4n) is 1.96. The van der Waals surface area contributed by atoms with Gasteiger partial charge in [-0.25, -0.2) is 0 Å². The lowest BCUT2D eigenvalue weighted by Crippen LogP contribution is -1.92. The molecule has 0 saturated carbocycles. The zero-order chi connectivity index (χ0) is 13.7. The van der Waals surface area contributed by atoms with Crippen LogP contribution in [-0.2, 0) is 6.42 Å². The second kappa shape index (κ2) is 5.92. The van der Waals surface area contributed by atoms with Gasteiger partial charge in [-0.05, 0) is 29.3 Å². The number of rotatable bonds is 4. The largest absolute Gasteiger partial charge is 0.497 e. The fourth-order valence-corrected chi connectivity index (χ4v) is 1.96. The molecule has 19 heavy (non-hydrogen) atoms. The topological polar surface area (TPSA) is 42.2 Å². The Labute approximate surface area is 113 Å². The third-order valence-corrected chi connectivity index (χ3v) is 2.96. The van der Waals surface area contributed by atoms with Gasteiger partial charge in [-0.15, -0.1) is 0 Å². The number of hydrogen-bond donors (Lipinski definition) is 0. The van der Waals surface area contributed by atoms with Crippen molar-refractivity contribution in [2.75, 3.05) is 14.2 Å². The smallest absolute Gasteiger partial charge is 0.123 e. The maximum Gasteiger partial charge on any atom is 0.123 e. The lowest BCUT2D eigenvalue weighted by atomic mass is 10.0. The lowest BCUT2D eigenvalue weighted by Gasteiger charge is -2.09. The quantitative estimate of drug-likeness (QED) is 0.838. The summed E-state index contributed by atoms with van der Waals surface area (Å²) in [6, 6.07) is 15.8. The van der Waals surface area contributed by atoms with Crippen molar-refractivity contribution in [3.8, 4) is 28.7 Å². The highest BCUT2D eigenvalue weighted by molar-refractivity contribution is 5.67. The molecule has 0 aliphatic carbocycles. The Morgan fingerprint density at radius 3 is 2.47 bits per heavy atom. The predicted octanol–water partition coefficient (Wildman–Crippen LogP) is 3.44. The van der Waals surface area contributed by atoms with Crippen LogP contribution < -0.4 is 9.47 Å². The van der Waals surface area contributed by atoms with Gasteiger partial charge in [0, 0.05) is 5.56 Å². The van der Waals surface area contributed by atoms with Crippen molar-refractivity contribution < 1.29 is 9.47 Å². The molecule has 0 bridgehead atoms. The van der Waals surface area contributed by atoms with E-state index in [1.807, 2.05) is 42.5 Å². The Hall–Kier alpha value is -2.47. The molecule has 0 radical (unpaired) electrons. The van der Waals surface area contributed by atoms with Crippen molar-refractivity contribution in [2.45, 2.75) is 6.42 Å². The minimum Gasteiger partial charge on any atom is -0.497 e. The van der Waals surface area contributed by atoms with E-state index < -0.39 is 0 Å². The van der Waals surface area contributed by atoms with Crippen molar-refractivity contribution in [1.82, 2.24) is 0 Å². The van der Waals surface area contributed by atoms with Crippen LogP contribution in [0.1, 0.15) is 5.56 Å². The van der Waals surface area contributed by atoms with Crippen molar-refractivity contribution in [3.05, 3.63) is 48.0 Å². The average Bonchev–Trinajstić information content (AvgIpc) is 2.48. The molecule has 0 spiro atoms. The standard InChI is InChI=1S/C16H15NO2/c1-18-15-5-3-4-13(10-15)14-7-6-12(8-9-17)16(11-14)19-2/h3-7,10-11H,8H2,1-2H3. The minimum atomic E-state index is 0.349. The molecule has 0 aromatic heterocycles. The van der Waals surface area contributed by atoms with Crippen molar-refractivity contribution in [1.29, 1.82) is 5.26 Å². The Balaban J connectivity index is 2.42. The number of benzene rings is 2. The molecule has 2 aromatic rings. The van der Waals surface area contributed by atoms with E-state index in [1.165, 1.54) is 0 Å². The number of hydrogen-bond acceptors (Lipinski definition) is 3. The summed E-state index contributed by atoms with van der Waals surface area (Å²) in [7, 11) is 3.27. The third-order valence-electron chi connectivity index (χ3n) is 2.96. The summed E-state index contributed by atoms with van der Waals surface area (Å²) in [4.78, 5) is 0. The molecule has 0 fully saturated rings. The van der Waals surface area contributed by atoms with E-state index in [0.29, 0.717) is 6.42 Å². The van der Waals surface area contributed by atoms with Crippen molar-refractivity contribution in [2.24, 2.45) is 0 Å². The lowest BCUT2D eigenvalue weighted by molar-refractivity contribution is 0.411. The normalized spacial score (nSPS) is 9.74. The predicted molar refractivity (Wildman–Crippen MR) is 74.3 cm³/mol. The van der Waals surface area contributed by atoms with Crippen LogP contribution in [0.15, 0.2) is 42.5 Å². The first-order chi connectivity index (χ1) is 9.28. The van der Waals surface area contributed by atoms with E-state index in [4.69, 9.17) is 14.7 Å². The van der Waals surface area contributed by atoms with E-state index in [9.17, 15) is 0 Å². The highest BCUT2D eigenvalue weighted by Gasteiger charge is 2.06. The second-order valence-corrected chi connectivity index (χ2v) is 4.09. The molecule has 0 aliphatic heterocycles. The maximum atomic E-state index is 8.77. The van der Waals surface area contributed by atoms with Crippen LogP contribution in [0.2, 0.25) is 0 Å². The molecule has 3 nitrogen and oxygen atoms in total. The number of nitrogens with zero attached hydrogens (tertiary/aromatic N) is 1. The van der Waals surface area contributed by atoms with Gasteiger partial charge in [0.1, 0.15) is 11.5 Å². The van der Waals surface area contributed by atoms with Gasteiger partial charge in [0.05, 0.1) is 26.7 Å². The van der Waals surface area contributed by atoms with Gasteiger partial charge in [0.15, 0.2) is 0 Å². The maximum absolute atomic E-state index is 8.77. The molecule has 0 saturated heterocycles. The summed E-state index contributed by atoms with van der Waals surface area (Å²) in [5.74, 6) is 1.56. The van der Waals surface area contributed by atoms with E-state index >= 15 is 0 Å². The molecule has 96 valence electrons. The van der Waals surface area contributed by atoms with E-state index in [1.54, 1.807) is 14.2 Å². The second-order valence-electron chi connectivity index (χ2n) is 4.09. The zero-order valence-corrected chi connectivity index (χ0v) is 11.0. The fraction of sp³-hybridized carbons (Fsp3) is 0.188. The van der Waals surface area contributed by atoms with Gasteiger partial charge in [-0.2, -0.15) is 5.26 Å². The van der Waals surface area contributed by atoms with E-state index in [2.05, 4.69) is 6.07 Å². The Morgan fingerprint density at radius 1 is 1.00 bits per heavy atom. The van der Waals surface area contributed by atoms with Gasteiger partial charge >= 0.3 is 0 Å². The summed E-state index contributed by atoms with van der Waals surface area (Å²) in [6.45, 7) is 0. The van der Waals surface area contributed by atoms with Crippen LogP contribution in [0.25, 0.3) is 11.1 Å². The first-order valence-corrected chi connectivity index (χ1v) is 5.96. The third kappa shape index (κ3) is 2.86. The average molecular weight is 253 g/mol. The molecule has 0 atom stereocenters. The number of nitriles is 1. The highest BCUT2D eigenvalue weighted by atomic mass is 16.5. The van der Waals surface area contributed by atoms with E-state index in [0.717, 1.165) is 28.2 Å². The molecule has 0 amide bonds. The highest BCUT2D eigenvalue weighted by Crippen LogP contribution is 2.29. The van der Waals surface area contributed by atoms with Crippen LogP contribution in [0.3, 0.4) is 0 Å². The van der Waals surface area contributed by atoms with Crippen LogP contribution >= 0.6 is 0 Å². The molecular weight excluding hydrogens is 238 g/mol. The molecule has 0 aliphatic rings. The van der Waals surface area contributed by atoms with Crippen LogP contribution in [0.4, 0.5) is 0 Å². The van der Waals surface area contributed by atoms with Crippen molar-refractivity contribution >= 4 is 0 Å². The molecular formula is C16H15NO2. The first kappa shape index (κ1) is 13.0. The Kier molecular flexibility index (Phi) is 4.04. The van der Waals surface area contributed by atoms with Gasteiger partial charge in [-0.1, -0.05) is 24.3 Å². The summed E-state index contributed by atoms with van der Waals surface area (Å²) in [6.07, 6.45) is 0.349. The SMILES string of the molecule is COc1cccc(-c2ccc(CC#N)c(OC)c2)c1. The van der Waals surface area contributed by atoms with Crippen molar-refractivity contribution in [3.63, 3.8) is 0 Å². The molecule has 2 rings (SSSR count). The zero-order valence-electron chi connectivity index (χ0n) is 11.0. The summed E-state index contributed by atoms with van der Waals surface area (Å²) >= 11 is 0. The summed E-state index contributed by atoms with van der Waals surface area (Å²) < 4.78 is 10.6. The van der Waals surface area contributed by atoms with Crippen LogP contribution in [-0.4, -0.2) is 14.2 Å². The molecule has 3 heteroatoms. The summed E-state index contributed by atoms with van der Waals surface area (Å²) in [5.41, 5.74) is 3.00. The van der Waals surface area contributed by atoms with Gasteiger partial charge in [0.25, 0.3) is 0 Å². The molecule has 0 heterocycles. The number of methoxy groups -OCH3 is 2. The number of ether oxygens (including phenoxy) is 2. The van der Waals surface area contributed by atoms with Gasteiger partial charge < -0.3 is 9.47 Å². The van der Waals surface area contributed by atoms with Crippen LogP contribution in [0.5, 0.6) is 11.5 Å². The van der Waals surface area contributed by atoms with Gasteiger partial charge in [-0.3, -0.25) is 0 Å². The molecule has 0 N–H and O–H groups in total. The van der Waals surface area contributed by atoms with E-state index in [-0.39, 0.29) is 0 Å². The Bertz CT molecular complexity index is 614. The molecule has 2 aromatic carbocycles. The summed E-state index contributed by atoms with van der Waals surface area (Å²) in [5, 5.41) is 8.77. The van der Waals surface area contributed by atoms with Crippen LogP contribution in [0, 0.1) is 11.3 Å². The molecule has 0 unspecified atom stereocenters. The first-order valence-electron chi connectivity index (χ1n) is 5.96. The minimum absolute atomic E-state index is 0.349.